The van der Waals surface area contributed by atoms with Crippen LogP contribution in [0.1, 0.15) is 33.1 Å². The third-order valence-corrected chi connectivity index (χ3v) is 3.16. The number of para-hydroxylation sites is 2. The van der Waals surface area contributed by atoms with Gasteiger partial charge in [0, 0.05) is 0 Å². The van der Waals surface area contributed by atoms with E-state index in [4.69, 9.17) is 9.47 Å². The van der Waals surface area contributed by atoms with Crippen LogP contribution in [0.15, 0.2) is 24.3 Å². The summed E-state index contributed by atoms with van der Waals surface area (Å²) in [4.78, 5) is 0. The first kappa shape index (κ1) is 16.3. The van der Waals surface area contributed by atoms with Gasteiger partial charge in [-0.25, -0.2) is 0 Å². The average Bonchev–Trinajstić information content (AvgIpc) is 2.50. The van der Waals surface area contributed by atoms with Gasteiger partial charge in [-0.2, -0.15) is 5.26 Å². The third kappa shape index (κ3) is 5.10. The molecule has 0 aliphatic carbocycles. The lowest BCUT2D eigenvalue weighted by Crippen LogP contribution is -2.41. The molecule has 0 heterocycles. The Morgan fingerprint density at radius 3 is 2.60 bits per heavy atom. The molecule has 0 aromatic heterocycles. The van der Waals surface area contributed by atoms with Gasteiger partial charge in [0.15, 0.2) is 11.5 Å². The van der Waals surface area contributed by atoms with Gasteiger partial charge >= 0.3 is 0 Å². The summed E-state index contributed by atoms with van der Waals surface area (Å²) in [5, 5.41) is 12.5. The van der Waals surface area contributed by atoms with E-state index in [0.29, 0.717) is 6.61 Å². The molecule has 0 amide bonds. The summed E-state index contributed by atoms with van der Waals surface area (Å²) in [6, 6.07) is 9.93. The molecule has 20 heavy (non-hydrogen) atoms. The van der Waals surface area contributed by atoms with Gasteiger partial charge in [0.05, 0.1) is 19.8 Å². The van der Waals surface area contributed by atoms with E-state index >= 15 is 0 Å². The fourth-order valence-electron chi connectivity index (χ4n) is 1.93. The zero-order chi connectivity index (χ0) is 14.8. The Labute approximate surface area is 121 Å². The number of hydrogen-bond acceptors (Lipinski definition) is 4. The van der Waals surface area contributed by atoms with E-state index in [1.165, 1.54) is 0 Å². The standard InChI is InChI=1S/C16H24N2O2/c1-4-11-18-16(2,13-17)10-7-12-20-15-9-6-5-8-14(15)19-3/h5-6,8-9,18H,4,7,10-12H2,1-3H3. The van der Waals surface area contributed by atoms with Crippen LogP contribution >= 0.6 is 0 Å². The maximum Gasteiger partial charge on any atom is 0.161 e. The highest BCUT2D eigenvalue weighted by Gasteiger charge is 2.21. The van der Waals surface area contributed by atoms with Crippen LogP contribution in [0.2, 0.25) is 0 Å². The lowest BCUT2D eigenvalue weighted by Gasteiger charge is -2.23. The van der Waals surface area contributed by atoms with Crippen LogP contribution in [-0.4, -0.2) is 25.8 Å². The number of nitrogens with one attached hydrogen (secondary N) is 1. The second-order valence-electron chi connectivity index (χ2n) is 4.97. The zero-order valence-corrected chi connectivity index (χ0v) is 12.6. The van der Waals surface area contributed by atoms with Crippen LogP contribution < -0.4 is 14.8 Å². The Balaban J connectivity index is 2.39. The summed E-state index contributed by atoms with van der Waals surface area (Å²) < 4.78 is 10.9. The number of ether oxygens (including phenoxy) is 2. The van der Waals surface area contributed by atoms with Crippen molar-refractivity contribution in [3.05, 3.63) is 24.3 Å². The first-order valence-corrected chi connectivity index (χ1v) is 7.07. The van der Waals surface area contributed by atoms with E-state index in [-0.39, 0.29) is 0 Å². The topological polar surface area (TPSA) is 54.3 Å². The third-order valence-electron chi connectivity index (χ3n) is 3.16. The van der Waals surface area contributed by atoms with Crippen molar-refractivity contribution in [1.29, 1.82) is 5.26 Å². The van der Waals surface area contributed by atoms with E-state index in [1.807, 2.05) is 31.2 Å². The Morgan fingerprint density at radius 1 is 1.30 bits per heavy atom. The first-order valence-electron chi connectivity index (χ1n) is 7.07. The molecule has 0 radical (unpaired) electrons. The van der Waals surface area contributed by atoms with Gasteiger partial charge in [0.25, 0.3) is 0 Å². The van der Waals surface area contributed by atoms with Crippen molar-refractivity contribution in [3.63, 3.8) is 0 Å². The molecule has 0 aliphatic rings. The molecule has 1 unspecified atom stereocenters. The van der Waals surface area contributed by atoms with Crippen molar-refractivity contribution in [2.24, 2.45) is 0 Å². The number of nitrogens with zero attached hydrogens (tertiary/aromatic N) is 1. The molecule has 1 atom stereocenters. The van der Waals surface area contributed by atoms with Gasteiger partial charge < -0.3 is 9.47 Å². The monoisotopic (exact) mass is 276 g/mol. The Hall–Kier alpha value is -1.73. The number of methoxy groups -OCH3 is 1. The highest BCUT2D eigenvalue weighted by Crippen LogP contribution is 2.26. The fourth-order valence-corrected chi connectivity index (χ4v) is 1.93. The highest BCUT2D eigenvalue weighted by molar-refractivity contribution is 5.39. The number of nitriles is 1. The van der Waals surface area contributed by atoms with Crippen LogP contribution in [0.5, 0.6) is 11.5 Å². The molecule has 4 heteroatoms. The maximum atomic E-state index is 9.24. The molecule has 0 aliphatic heterocycles. The van der Waals surface area contributed by atoms with E-state index in [2.05, 4.69) is 18.3 Å². The molecule has 0 bridgehead atoms. The van der Waals surface area contributed by atoms with Crippen molar-refractivity contribution in [2.75, 3.05) is 20.3 Å². The molecule has 0 saturated carbocycles. The zero-order valence-electron chi connectivity index (χ0n) is 12.6. The second-order valence-corrected chi connectivity index (χ2v) is 4.97. The predicted octanol–water partition coefficient (Wildman–Crippen LogP) is 3.14. The van der Waals surface area contributed by atoms with Gasteiger partial charge in [0.2, 0.25) is 0 Å². The normalized spacial score (nSPS) is 13.3. The summed E-state index contributed by atoms with van der Waals surface area (Å²) in [5.74, 6) is 1.48. The molecular formula is C16H24N2O2. The maximum absolute atomic E-state index is 9.24. The molecule has 0 fully saturated rings. The second kappa shape index (κ2) is 8.44. The predicted molar refractivity (Wildman–Crippen MR) is 80.0 cm³/mol. The van der Waals surface area contributed by atoms with Gasteiger partial charge in [-0.05, 0) is 44.9 Å². The Kier molecular flexibility index (Phi) is 6.89. The number of benzene rings is 1. The molecule has 1 rings (SSSR count). The quantitative estimate of drug-likeness (QED) is 0.704. The lowest BCUT2D eigenvalue weighted by atomic mass is 9.98. The minimum absolute atomic E-state index is 0.472. The van der Waals surface area contributed by atoms with Gasteiger partial charge in [0.1, 0.15) is 5.54 Å². The van der Waals surface area contributed by atoms with E-state index in [9.17, 15) is 5.26 Å². The summed E-state index contributed by atoms with van der Waals surface area (Å²) in [6.45, 7) is 5.46. The summed E-state index contributed by atoms with van der Waals surface area (Å²) in [6.07, 6.45) is 2.60. The Morgan fingerprint density at radius 2 is 2.00 bits per heavy atom. The van der Waals surface area contributed by atoms with E-state index < -0.39 is 5.54 Å². The van der Waals surface area contributed by atoms with Crippen LogP contribution in [0.3, 0.4) is 0 Å². The van der Waals surface area contributed by atoms with Crippen molar-refractivity contribution in [1.82, 2.24) is 5.32 Å². The van der Waals surface area contributed by atoms with Crippen LogP contribution in [0.4, 0.5) is 0 Å². The fraction of sp³-hybridized carbons (Fsp3) is 0.562. The lowest BCUT2D eigenvalue weighted by molar-refractivity contribution is 0.271. The summed E-state index contributed by atoms with van der Waals surface area (Å²) in [5.41, 5.74) is -0.472. The van der Waals surface area contributed by atoms with Crippen LogP contribution in [0.25, 0.3) is 0 Å². The molecule has 1 N–H and O–H groups in total. The smallest absolute Gasteiger partial charge is 0.161 e. The summed E-state index contributed by atoms with van der Waals surface area (Å²) >= 11 is 0. The number of hydrogen-bond donors (Lipinski definition) is 1. The average molecular weight is 276 g/mol. The molecule has 1 aromatic rings. The van der Waals surface area contributed by atoms with E-state index in [0.717, 1.165) is 37.3 Å². The molecular weight excluding hydrogens is 252 g/mol. The van der Waals surface area contributed by atoms with Crippen LogP contribution in [0, 0.1) is 11.3 Å². The minimum atomic E-state index is -0.472. The van der Waals surface area contributed by atoms with Gasteiger partial charge in [-0.15, -0.1) is 0 Å². The van der Waals surface area contributed by atoms with Crippen molar-refractivity contribution in [2.45, 2.75) is 38.6 Å². The highest BCUT2D eigenvalue weighted by atomic mass is 16.5. The molecule has 110 valence electrons. The van der Waals surface area contributed by atoms with Crippen molar-refractivity contribution < 1.29 is 9.47 Å². The van der Waals surface area contributed by atoms with Crippen molar-refractivity contribution >= 4 is 0 Å². The number of rotatable bonds is 9. The Bertz CT molecular complexity index is 442. The first-order chi connectivity index (χ1) is 9.65. The molecule has 1 aromatic carbocycles. The summed E-state index contributed by atoms with van der Waals surface area (Å²) in [7, 11) is 1.63. The molecule has 0 spiro atoms. The van der Waals surface area contributed by atoms with Gasteiger partial charge in [-0.3, -0.25) is 5.32 Å². The van der Waals surface area contributed by atoms with E-state index in [1.54, 1.807) is 7.11 Å². The largest absolute Gasteiger partial charge is 0.493 e. The van der Waals surface area contributed by atoms with Crippen molar-refractivity contribution in [3.8, 4) is 17.6 Å². The van der Waals surface area contributed by atoms with Crippen LogP contribution in [-0.2, 0) is 0 Å². The molecule has 4 nitrogen and oxygen atoms in total. The van der Waals surface area contributed by atoms with Gasteiger partial charge in [-0.1, -0.05) is 19.1 Å². The molecule has 0 saturated heterocycles. The minimum Gasteiger partial charge on any atom is -0.493 e. The SMILES string of the molecule is CCCNC(C)(C#N)CCCOc1ccccc1OC.